The van der Waals surface area contributed by atoms with Crippen LogP contribution in [-0.2, 0) is 38.3 Å². The minimum Gasteiger partial charge on any atom is -0.507 e. The van der Waals surface area contributed by atoms with E-state index in [0.29, 0.717) is 45.0 Å². The van der Waals surface area contributed by atoms with E-state index in [0.717, 1.165) is 28.8 Å². The number of phenols is 1. The van der Waals surface area contributed by atoms with Gasteiger partial charge < -0.3 is 5.11 Å². The van der Waals surface area contributed by atoms with E-state index in [1.807, 2.05) is 79.9 Å². The summed E-state index contributed by atoms with van der Waals surface area (Å²) in [5.41, 5.74) is 0.138. The Bertz CT molecular complexity index is 3440. The maximum atomic E-state index is 11.4. The summed E-state index contributed by atoms with van der Waals surface area (Å²) in [7, 11) is 0. The molecule has 5 heteroatoms. The number of hydrogen-bond acceptors (Lipinski definition) is 3. The Morgan fingerprint density at radius 2 is 1.42 bits per heavy atom. The van der Waals surface area contributed by atoms with E-state index in [9.17, 15) is 6.48 Å². The van der Waals surface area contributed by atoms with Gasteiger partial charge in [0.05, 0.1) is 26.2 Å². The molecule has 0 aliphatic rings. The smallest absolute Gasteiger partial charge is 0.148 e. The number of hydrogen-bond donors (Lipinski definition) is 1. The topological polar surface area (TPSA) is 50.9 Å². The van der Waals surface area contributed by atoms with Crippen LogP contribution in [-0.4, -0.2) is 19.6 Å². The molecule has 300 valence electrons. The predicted octanol–water partition coefficient (Wildman–Crippen LogP) is 14.1. The van der Waals surface area contributed by atoms with Crippen LogP contribution in [0.4, 0.5) is 0 Å². The zero-order valence-corrected chi connectivity index (χ0v) is 35.5. The third-order valence-corrected chi connectivity index (χ3v) is 10.0. The van der Waals surface area contributed by atoms with Gasteiger partial charge in [-0.1, -0.05) is 157 Å². The summed E-state index contributed by atoms with van der Waals surface area (Å²) in [4.78, 5) is 9.60. The molecule has 2 heterocycles. The molecule has 0 spiro atoms. The molecule has 4 nitrogen and oxygen atoms in total. The first kappa shape index (κ1) is 25.8. The van der Waals surface area contributed by atoms with Crippen molar-refractivity contribution in [3.05, 3.63) is 168 Å². The van der Waals surface area contributed by atoms with Gasteiger partial charge in [-0.3, -0.25) is 9.55 Å². The molecule has 8 rings (SSSR count). The number of nitrogens with zero attached hydrogens (tertiary/aromatic N) is 3. The number of pyridine rings is 1. The number of benzene rings is 6. The summed E-state index contributed by atoms with van der Waals surface area (Å²) >= 11 is 0. The SMILES string of the molecule is [2H]c1nc(-c2[c-]c(-c3cccc4c3nc(-c3ccccc3O)n4-c3ccc(-c4ccccc4)c(CC(C)C)c3)cc(C(C)(C)C)c2)c([2H])c(-c2c([2H])c([2H])c(C(C([2H])([2H])[2H])(C([2H])([2H])[2H])C([2H])([2H])[2H])c([2H])c2[2H])c1[2H].[Pt]. The van der Waals surface area contributed by atoms with Crippen LogP contribution >= 0.6 is 0 Å². The number of aromatic nitrogens is 3. The van der Waals surface area contributed by atoms with E-state index in [1.54, 1.807) is 24.3 Å². The Kier molecular flexibility index (Phi) is 7.26. The van der Waals surface area contributed by atoms with Crippen molar-refractivity contribution < 1.29 is 48.1 Å². The number of phenolic OH excluding ortho intramolecular Hbond substituents is 1. The number of aromatic hydroxyl groups is 1. The minimum atomic E-state index is -3.92. The van der Waals surface area contributed by atoms with Crippen molar-refractivity contribution in [2.45, 2.75) is 72.4 Å². The molecule has 0 saturated heterocycles. The van der Waals surface area contributed by atoms with Gasteiger partial charge in [-0.2, -0.15) is 0 Å². The second-order valence-corrected chi connectivity index (χ2v) is 15.9. The fourth-order valence-electron chi connectivity index (χ4n) is 7.12. The van der Waals surface area contributed by atoms with Crippen molar-refractivity contribution >= 4 is 11.0 Å². The van der Waals surface area contributed by atoms with Gasteiger partial charge in [0.15, 0.2) is 0 Å². The van der Waals surface area contributed by atoms with Gasteiger partial charge in [0.2, 0.25) is 0 Å². The molecule has 0 aliphatic heterocycles. The third-order valence-electron chi connectivity index (χ3n) is 10.0. The maximum absolute atomic E-state index is 11.4. The number of fused-ring (bicyclic) bond motifs is 1. The molecule has 2 aromatic heterocycles. The van der Waals surface area contributed by atoms with Gasteiger partial charge >= 0.3 is 0 Å². The fourth-order valence-corrected chi connectivity index (χ4v) is 7.12. The van der Waals surface area contributed by atoms with Gasteiger partial charge in [-0.15, -0.1) is 29.3 Å². The molecule has 59 heavy (non-hydrogen) atoms. The molecule has 0 aliphatic carbocycles. The average Bonchev–Trinajstić information content (AvgIpc) is 3.70. The van der Waals surface area contributed by atoms with Crippen LogP contribution in [0, 0.1) is 12.0 Å². The second-order valence-electron chi connectivity index (χ2n) is 15.9. The average molecular weight is 970 g/mol. The molecule has 0 unspecified atom stereocenters. The molecule has 0 radical (unpaired) electrons. The van der Waals surface area contributed by atoms with Crippen molar-refractivity contribution in [2.24, 2.45) is 5.92 Å². The molecular formula is C54H52N3OPt-. The first-order valence-electron chi connectivity index (χ1n) is 27.1. The monoisotopic (exact) mass is 969 g/mol. The Balaban J connectivity index is 0.00000820. The molecular weight excluding hydrogens is 902 g/mol. The largest absolute Gasteiger partial charge is 0.507 e. The van der Waals surface area contributed by atoms with Crippen LogP contribution < -0.4 is 0 Å². The summed E-state index contributed by atoms with van der Waals surface area (Å²) in [5, 5.41) is 11.4. The van der Waals surface area contributed by atoms with E-state index in [-0.39, 0.29) is 38.1 Å². The Morgan fingerprint density at radius 1 is 0.712 bits per heavy atom. The molecule has 0 amide bonds. The molecule has 0 atom stereocenters. The molecule has 0 fully saturated rings. The van der Waals surface area contributed by atoms with Gasteiger partial charge in [0.25, 0.3) is 0 Å². The molecule has 1 N–H and O–H groups in total. The van der Waals surface area contributed by atoms with Crippen molar-refractivity contribution in [1.82, 2.24) is 14.5 Å². The Hall–Kier alpha value is -5.57. The van der Waals surface area contributed by atoms with Crippen LogP contribution in [0.15, 0.2) is 146 Å². The van der Waals surface area contributed by atoms with Crippen molar-refractivity contribution in [3.63, 3.8) is 0 Å². The van der Waals surface area contributed by atoms with Gasteiger partial charge in [-0.05, 0) is 92.9 Å². The standard InChI is InChI=1S/C54H52N3O.Pt/c1-35(2)29-39-33-44(25-26-45(39)37-15-10-9-11-16-37)57-49-19-14-18-46(51(49)56-52(57)47-17-12-13-20-50(47)58)40-30-41(32-43(31-40)54(6,7)8)48-34-38(27-28-55-48)36-21-23-42(24-22-36)53(3,4)5;/h9-28,31-35,58H,29H2,1-8H3;/q-1;/i3D3,4D3,5D3,21D,22D,23D,24D,27D,28D,34D;. The van der Waals surface area contributed by atoms with Crippen LogP contribution in [0.1, 0.15) is 93.8 Å². The molecule has 8 aromatic rings. The first-order valence-corrected chi connectivity index (χ1v) is 19.1. The number of imidazole rings is 1. The normalized spacial score (nSPS) is 16.4. The van der Waals surface area contributed by atoms with Crippen molar-refractivity contribution in [2.75, 3.05) is 0 Å². The summed E-state index contributed by atoms with van der Waals surface area (Å²) in [5.74, 6) is 0.780. The quantitative estimate of drug-likeness (QED) is 0.154. The fraction of sp³-hybridized carbons (Fsp3) is 0.222. The second kappa shape index (κ2) is 16.6. The first-order chi connectivity index (χ1) is 34.4. The predicted molar refractivity (Wildman–Crippen MR) is 242 cm³/mol. The Morgan fingerprint density at radius 3 is 2.14 bits per heavy atom. The third kappa shape index (κ3) is 8.61. The molecule has 0 bridgehead atoms. The minimum absolute atomic E-state index is 0. The van der Waals surface area contributed by atoms with E-state index >= 15 is 0 Å². The van der Waals surface area contributed by atoms with Crippen molar-refractivity contribution in [1.29, 1.82) is 0 Å². The molecule has 0 saturated carbocycles. The number of para-hydroxylation sites is 2. The van der Waals surface area contributed by atoms with E-state index in [2.05, 4.69) is 49.2 Å². The summed E-state index contributed by atoms with van der Waals surface area (Å²) < 4.78 is 140. The maximum Gasteiger partial charge on any atom is 0.148 e. The summed E-state index contributed by atoms with van der Waals surface area (Å²) in [6, 6.07) is 29.6. The van der Waals surface area contributed by atoms with Crippen LogP contribution in [0.2, 0.25) is 0 Å². The van der Waals surface area contributed by atoms with Gasteiger partial charge in [-0.25, -0.2) is 4.98 Å². The zero-order chi connectivity index (χ0) is 54.4. The van der Waals surface area contributed by atoms with E-state index in [4.69, 9.17) is 25.5 Å². The summed E-state index contributed by atoms with van der Waals surface area (Å²) in [6.45, 7) is -1.55. The molecule has 6 aromatic carbocycles. The van der Waals surface area contributed by atoms with Crippen LogP contribution in [0.25, 0.3) is 72.7 Å². The van der Waals surface area contributed by atoms with E-state index in [1.165, 1.54) is 0 Å². The Labute approximate surface area is 386 Å². The van der Waals surface area contributed by atoms with Gasteiger partial charge in [0, 0.05) is 51.0 Å². The van der Waals surface area contributed by atoms with Gasteiger partial charge in [0.1, 0.15) is 11.6 Å². The zero-order valence-electron chi connectivity index (χ0n) is 49.2. The van der Waals surface area contributed by atoms with Crippen LogP contribution in [0.5, 0.6) is 5.75 Å². The van der Waals surface area contributed by atoms with E-state index < -0.39 is 90.5 Å². The summed E-state index contributed by atoms with van der Waals surface area (Å²) in [6.07, 6.45) is 0.0361. The number of rotatable bonds is 8. The van der Waals surface area contributed by atoms with Crippen LogP contribution in [0.3, 0.4) is 0 Å². The van der Waals surface area contributed by atoms with Crippen molar-refractivity contribution in [3.8, 4) is 67.5 Å².